The van der Waals surface area contributed by atoms with Crippen LogP contribution in [0, 0.1) is 19.3 Å². The number of nitrogens with zero attached hydrogens (tertiary/aromatic N) is 2. The molecular formula is C10H11BrN2. The van der Waals surface area contributed by atoms with Crippen molar-refractivity contribution in [1.29, 1.82) is 0 Å². The van der Waals surface area contributed by atoms with Crippen LogP contribution in [0.3, 0.4) is 0 Å². The average molecular weight is 239 g/mol. The Balaban J connectivity index is 2.91. The largest absolute Gasteiger partial charge is 0.349 e. The van der Waals surface area contributed by atoms with Gasteiger partial charge in [0.25, 0.3) is 0 Å². The predicted molar refractivity (Wildman–Crippen MR) is 58.8 cm³/mol. The Morgan fingerprint density at radius 2 is 2.38 bits per heavy atom. The zero-order valence-electron chi connectivity index (χ0n) is 7.71. The quantitative estimate of drug-likeness (QED) is 0.735. The minimum Gasteiger partial charge on any atom is -0.349 e. The number of anilines is 1. The third-order valence-electron chi connectivity index (χ3n) is 1.75. The fourth-order valence-corrected chi connectivity index (χ4v) is 1.17. The summed E-state index contributed by atoms with van der Waals surface area (Å²) >= 11 is 3.40. The van der Waals surface area contributed by atoms with Gasteiger partial charge in [0.1, 0.15) is 5.82 Å². The molecule has 0 radical (unpaired) electrons. The number of rotatable bonds is 2. The summed E-state index contributed by atoms with van der Waals surface area (Å²) < 4.78 is 1.02. The van der Waals surface area contributed by atoms with E-state index in [4.69, 9.17) is 6.42 Å². The molecule has 0 aliphatic heterocycles. The molecule has 3 heteroatoms. The van der Waals surface area contributed by atoms with E-state index >= 15 is 0 Å². The van der Waals surface area contributed by atoms with E-state index in [1.54, 1.807) is 6.20 Å². The highest BCUT2D eigenvalue weighted by Crippen LogP contribution is 2.18. The maximum absolute atomic E-state index is 5.21. The van der Waals surface area contributed by atoms with Gasteiger partial charge in [-0.25, -0.2) is 4.98 Å². The van der Waals surface area contributed by atoms with Gasteiger partial charge < -0.3 is 4.90 Å². The first-order valence-corrected chi connectivity index (χ1v) is 4.71. The molecule has 0 bridgehead atoms. The van der Waals surface area contributed by atoms with Gasteiger partial charge in [-0.3, -0.25) is 0 Å². The lowest BCUT2D eigenvalue weighted by Crippen LogP contribution is -2.18. The Morgan fingerprint density at radius 3 is 2.92 bits per heavy atom. The highest BCUT2D eigenvalue weighted by atomic mass is 79.9. The number of aryl methyl sites for hydroxylation is 1. The summed E-state index contributed by atoms with van der Waals surface area (Å²) in [6.07, 6.45) is 7.00. The van der Waals surface area contributed by atoms with E-state index in [-0.39, 0.29) is 0 Å². The van der Waals surface area contributed by atoms with E-state index in [0.717, 1.165) is 15.9 Å². The highest BCUT2D eigenvalue weighted by molar-refractivity contribution is 9.10. The summed E-state index contributed by atoms with van der Waals surface area (Å²) in [4.78, 5) is 6.17. The zero-order valence-corrected chi connectivity index (χ0v) is 9.30. The van der Waals surface area contributed by atoms with Gasteiger partial charge in [-0.2, -0.15) is 0 Å². The monoisotopic (exact) mass is 238 g/mol. The van der Waals surface area contributed by atoms with Gasteiger partial charge in [-0.15, -0.1) is 6.42 Å². The second-order valence-corrected chi connectivity index (χ2v) is 3.71. The second-order valence-electron chi connectivity index (χ2n) is 2.85. The molecular weight excluding hydrogens is 228 g/mol. The van der Waals surface area contributed by atoms with Crippen LogP contribution in [0.4, 0.5) is 5.82 Å². The van der Waals surface area contributed by atoms with E-state index in [1.807, 2.05) is 24.9 Å². The van der Waals surface area contributed by atoms with E-state index in [9.17, 15) is 0 Å². The van der Waals surface area contributed by atoms with E-state index in [2.05, 4.69) is 26.8 Å². The first-order valence-electron chi connectivity index (χ1n) is 3.92. The minimum absolute atomic E-state index is 0.577. The molecule has 0 amide bonds. The molecule has 1 aromatic rings. The summed E-state index contributed by atoms with van der Waals surface area (Å²) in [6, 6.07) is 2.00. The smallest absolute Gasteiger partial charge is 0.129 e. The summed E-state index contributed by atoms with van der Waals surface area (Å²) in [6.45, 7) is 2.60. The molecule has 2 nitrogen and oxygen atoms in total. The second kappa shape index (κ2) is 4.29. The molecule has 1 aromatic heterocycles. The summed E-state index contributed by atoms with van der Waals surface area (Å²) in [7, 11) is 1.93. The van der Waals surface area contributed by atoms with Crippen LogP contribution < -0.4 is 4.90 Å². The van der Waals surface area contributed by atoms with Crippen molar-refractivity contribution in [1.82, 2.24) is 4.98 Å². The third kappa shape index (κ3) is 2.46. The van der Waals surface area contributed by atoms with Crippen molar-refractivity contribution in [2.45, 2.75) is 6.92 Å². The molecule has 0 aromatic carbocycles. The number of aromatic nitrogens is 1. The van der Waals surface area contributed by atoms with Crippen molar-refractivity contribution in [2.24, 2.45) is 0 Å². The Labute approximate surface area is 87.1 Å². The Morgan fingerprint density at radius 1 is 1.69 bits per heavy atom. The summed E-state index contributed by atoms with van der Waals surface area (Å²) in [5.41, 5.74) is 1.16. The lowest BCUT2D eigenvalue weighted by atomic mass is 10.3. The van der Waals surface area contributed by atoms with Crippen LogP contribution in [-0.4, -0.2) is 18.6 Å². The first-order chi connectivity index (χ1) is 6.15. The molecule has 13 heavy (non-hydrogen) atoms. The topological polar surface area (TPSA) is 16.1 Å². The molecule has 0 N–H and O–H groups in total. The van der Waals surface area contributed by atoms with E-state index in [0.29, 0.717) is 6.54 Å². The molecule has 0 aliphatic rings. The van der Waals surface area contributed by atoms with Gasteiger partial charge in [-0.1, -0.05) is 5.92 Å². The first kappa shape index (κ1) is 10.1. The van der Waals surface area contributed by atoms with Gasteiger partial charge in [0.05, 0.1) is 6.54 Å². The lowest BCUT2D eigenvalue weighted by Gasteiger charge is -2.15. The number of hydrogen-bond acceptors (Lipinski definition) is 2. The van der Waals surface area contributed by atoms with Crippen molar-refractivity contribution in [3.05, 3.63) is 22.3 Å². The molecule has 0 unspecified atom stereocenters. The van der Waals surface area contributed by atoms with Crippen molar-refractivity contribution < 1.29 is 0 Å². The normalized spacial score (nSPS) is 9.38. The highest BCUT2D eigenvalue weighted by Gasteiger charge is 2.02. The maximum atomic E-state index is 5.21. The average Bonchev–Trinajstić information content (AvgIpc) is 2.10. The Kier molecular flexibility index (Phi) is 3.32. The van der Waals surface area contributed by atoms with Crippen molar-refractivity contribution in [2.75, 3.05) is 18.5 Å². The molecule has 0 saturated heterocycles. The molecule has 1 heterocycles. The van der Waals surface area contributed by atoms with Gasteiger partial charge in [0, 0.05) is 17.7 Å². The van der Waals surface area contributed by atoms with Gasteiger partial charge in [-0.05, 0) is 34.5 Å². The maximum Gasteiger partial charge on any atom is 0.129 e. The van der Waals surface area contributed by atoms with Crippen LogP contribution in [0.15, 0.2) is 16.7 Å². The van der Waals surface area contributed by atoms with Gasteiger partial charge in [0.2, 0.25) is 0 Å². The van der Waals surface area contributed by atoms with E-state index < -0.39 is 0 Å². The van der Waals surface area contributed by atoms with Gasteiger partial charge in [0.15, 0.2) is 0 Å². The van der Waals surface area contributed by atoms with Crippen LogP contribution in [0.1, 0.15) is 5.56 Å². The third-order valence-corrected chi connectivity index (χ3v) is 2.58. The van der Waals surface area contributed by atoms with Crippen LogP contribution in [0.25, 0.3) is 0 Å². The van der Waals surface area contributed by atoms with Crippen LogP contribution >= 0.6 is 15.9 Å². The summed E-state index contributed by atoms with van der Waals surface area (Å²) in [5.74, 6) is 3.48. The predicted octanol–water partition coefficient (Wildman–Crippen LogP) is 2.22. The SMILES string of the molecule is C#CCN(C)c1cc(C)c(Br)cn1. The van der Waals surface area contributed by atoms with Crippen LogP contribution in [0.2, 0.25) is 0 Å². The molecule has 0 fully saturated rings. The van der Waals surface area contributed by atoms with Crippen LogP contribution in [-0.2, 0) is 0 Å². The Hall–Kier alpha value is -1.01. The van der Waals surface area contributed by atoms with Crippen LogP contribution in [0.5, 0.6) is 0 Å². The number of terminal acetylenes is 1. The zero-order chi connectivity index (χ0) is 9.84. The lowest BCUT2D eigenvalue weighted by molar-refractivity contribution is 1.000. The summed E-state index contributed by atoms with van der Waals surface area (Å²) in [5, 5.41) is 0. The molecule has 0 spiro atoms. The number of halogens is 1. The van der Waals surface area contributed by atoms with Crippen molar-refractivity contribution in [3.63, 3.8) is 0 Å². The van der Waals surface area contributed by atoms with E-state index in [1.165, 1.54) is 0 Å². The standard InChI is InChI=1S/C10H11BrN2/c1-4-5-13(3)10-6-8(2)9(11)7-12-10/h1,6-7H,5H2,2-3H3. The van der Waals surface area contributed by atoms with Crippen molar-refractivity contribution in [3.8, 4) is 12.3 Å². The minimum atomic E-state index is 0.577. The number of pyridine rings is 1. The molecule has 0 saturated carbocycles. The molecule has 68 valence electrons. The molecule has 1 rings (SSSR count). The van der Waals surface area contributed by atoms with Crippen molar-refractivity contribution >= 4 is 21.7 Å². The molecule has 0 atom stereocenters. The Bertz CT molecular complexity index is 341. The fraction of sp³-hybridized carbons (Fsp3) is 0.300. The number of hydrogen-bond donors (Lipinski definition) is 0. The fourth-order valence-electron chi connectivity index (χ4n) is 0.951. The van der Waals surface area contributed by atoms with Gasteiger partial charge >= 0.3 is 0 Å². The molecule has 0 aliphatic carbocycles.